The summed E-state index contributed by atoms with van der Waals surface area (Å²) >= 11 is 1.29. The number of methoxy groups -OCH3 is 1. The number of para-hydroxylation sites is 2. The maximum absolute atomic E-state index is 12.0. The molecule has 0 radical (unpaired) electrons. The summed E-state index contributed by atoms with van der Waals surface area (Å²) in [6.45, 7) is 0. The van der Waals surface area contributed by atoms with Crippen LogP contribution in [-0.2, 0) is 4.79 Å². The van der Waals surface area contributed by atoms with E-state index < -0.39 is 0 Å². The van der Waals surface area contributed by atoms with E-state index in [-0.39, 0.29) is 5.91 Å². The van der Waals surface area contributed by atoms with Crippen molar-refractivity contribution in [1.82, 2.24) is 10.3 Å². The number of carbonyl (C=O) groups is 1. The molecule has 1 fully saturated rings. The summed E-state index contributed by atoms with van der Waals surface area (Å²) in [6, 6.07) is 11.1. The molecule has 3 rings (SSSR count). The molecule has 110 valence electrons. The summed E-state index contributed by atoms with van der Waals surface area (Å²) in [5.41, 5.74) is 1.55. The third-order valence-corrected chi connectivity index (χ3v) is 3.85. The predicted octanol–water partition coefficient (Wildman–Crippen LogP) is 2.98. The normalized spacial score (nSPS) is 17.8. The third-order valence-electron chi connectivity index (χ3n) is 2.94. The third kappa shape index (κ3) is 3.17. The maximum Gasteiger partial charge on any atom is 0.264 e. The van der Waals surface area contributed by atoms with E-state index in [9.17, 15) is 4.79 Å². The number of nitrogens with zero attached hydrogens (tertiary/aromatic N) is 2. The van der Waals surface area contributed by atoms with Crippen molar-refractivity contribution in [3.05, 3.63) is 59.3 Å². The highest BCUT2D eigenvalue weighted by Crippen LogP contribution is 2.31. The van der Waals surface area contributed by atoms with E-state index in [1.165, 1.54) is 11.8 Å². The van der Waals surface area contributed by atoms with Crippen molar-refractivity contribution in [3.8, 4) is 5.75 Å². The number of thioether (sulfide) groups is 1. The van der Waals surface area contributed by atoms with Gasteiger partial charge in [-0.05, 0) is 41.6 Å². The number of amides is 1. The quantitative estimate of drug-likeness (QED) is 0.885. The number of ether oxygens (including phenoxy) is 1. The number of hydrogen-bond donors (Lipinski definition) is 1. The first-order valence-electron chi connectivity index (χ1n) is 6.59. The Morgan fingerprint density at radius 2 is 2.14 bits per heavy atom. The monoisotopic (exact) mass is 311 g/mol. The Morgan fingerprint density at radius 3 is 2.91 bits per heavy atom. The lowest BCUT2D eigenvalue weighted by Gasteiger charge is -2.03. The molecule has 0 aliphatic carbocycles. The Morgan fingerprint density at radius 1 is 1.27 bits per heavy atom. The molecule has 6 heteroatoms. The van der Waals surface area contributed by atoms with Crippen LogP contribution in [-0.4, -0.2) is 23.2 Å². The molecule has 1 N–H and O–H groups in total. The fraction of sp³-hybridized carbons (Fsp3) is 0.0625. The van der Waals surface area contributed by atoms with E-state index >= 15 is 0 Å². The molecule has 0 unspecified atom stereocenters. The molecular weight excluding hydrogens is 298 g/mol. The van der Waals surface area contributed by atoms with Gasteiger partial charge in [0.15, 0.2) is 5.17 Å². The highest BCUT2D eigenvalue weighted by atomic mass is 32.2. The van der Waals surface area contributed by atoms with Gasteiger partial charge in [0, 0.05) is 12.4 Å². The summed E-state index contributed by atoms with van der Waals surface area (Å²) in [5, 5.41) is 3.29. The van der Waals surface area contributed by atoms with Crippen LogP contribution in [0.3, 0.4) is 0 Å². The zero-order chi connectivity index (χ0) is 15.4. The topological polar surface area (TPSA) is 63.6 Å². The highest BCUT2D eigenvalue weighted by molar-refractivity contribution is 8.18. The van der Waals surface area contributed by atoms with Gasteiger partial charge in [0.25, 0.3) is 5.91 Å². The van der Waals surface area contributed by atoms with Crippen LogP contribution in [0.1, 0.15) is 5.56 Å². The molecule has 0 atom stereocenters. The highest BCUT2D eigenvalue weighted by Gasteiger charge is 2.24. The van der Waals surface area contributed by atoms with Crippen molar-refractivity contribution < 1.29 is 9.53 Å². The minimum Gasteiger partial charge on any atom is -0.494 e. The van der Waals surface area contributed by atoms with Crippen molar-refractivity contribution in [2.45, 2.75) is 0 Å². The van der Waals surface area contributed by atoms with E-state index in [1.54, 1.807) is 25.6 Å². The molecule has 1 saturated heterocycles. The van der Waals surface area contributed by atoms with Gasteiger partial charge in [-0.2, -0.15) is 0 Å². The number of benzene rings is 1. The maximum atomic E-state index is 12.0. The molecule has 2 heterocycles. The van der Waals surface area contributed by atoms with E-state index in [4.69, 9.17) is 4.74 Å². The van der Waals surface area contributed by atoms with Gasteiger partial charge in [-0.1, -0.05) is 18.2 Å². The van der Waals surface area contributed by atoms with Crippen LogP contribution >= 0.6 is 11.8 Å². The van der Waals surface area contributed by atoms with Crippen molar-refractivity contribution in [3.63, 3.8) is 0 Å². The summed E-state index contributed by atoms with van der Waals surface area (Å²) in [5.74, 6) is 0.497. The van der Waals surface area contributed by atoms with Gasteiger partial charge in [0.1, 0.15) is 11.4 Å². The molecule has 1 aliphatic rings. The van der Waals surface area contributed by atoms with Gasteiger partial charge in [0.2, 0.25) is 0 Å². The second kappa shape index (κ2) is 6.44. The number of pyridine rings is 1. The Kier molecular flexibility index (Phi) is 4.20. The van der Waals surface area contributed by atoms with E-state index in [0.29, 0.717) is 21.5 Å². The smallest absolute Gasteiger partial charge is 0.264 e. The largest absolute Gasteiger partial charge is 0.494 e. The van der Waals surface area contributed by atoms with Crippen LogP contribution in [0.4, 0.5) is 5.69 Å². The van der Waals surface area contributed by atoms with Crippen LogP contribution in [0.25, 0.3) is 6.08 Å². The number of rotatable bonds is 3. The molecule has 1 aromatic heterocycles. The van der Waals surface area contributed by atoms with Crippen LogP contribution in [0.2, 0.25) is 0 Å². The predicted molar refractivity (Wildman–Crippen MR) is 88.0 cm³/mol. The SMILES string of the molecule is COc1ccccc1N=C1NC(=O)/C(=C/c2cccnc2)S1. The van der Waals surface area contributed by atoms with Crippen molar-refractivity contribution in [2.75, 3.05) is 7.11 Å². The fourth-order valence-electron chi connectivity index (χ4n) is 1.92. The molecule has 1 aromatic carbocycles. The Hall–Kier alpha value is -2.60. The summed E-state index contributed by atoms with van der Waals surface area (Å²) in [7, 11) is 1.59. The van der Waals surface area contributed by atoms with E-state index in [1.807, 2.05) is 36.4 Å². The Bertz CT molecular complexity index is 757. The lowest BCUT2D eigenvalue weighted by atomic mass is 10.2. The molecule has 1 amide bonds. The van der Waals surface area contributed by atoms with E-state index in [0.717, 1.165) is 5.56 Å². The zero-order valence-electron chi connectivity index (χ0n) is 11.8. The zero-order valence-corrected chi connectivity index (χ0v) is 12.6. The first kappa shape index (κ1) is 14.3. The van der Waals surface area contributed by atoms with Crippen LogP contribution in [0.15, 0.2) is 58.7 Å². The Labute approximate surface area is 132 Å². The van der Waals surface area contributed by atoms with Gasteiger partial charge in [0.05, 0.1) is 12.0 Å². The average Bonchev–Trinajstić information content (AvgIpc) is 2.88. The van der Waals surface area contributed by atoms with Crippen molar-refractivity contribution >= 4 is 34.6 Å². The summed E-state index contributed by atoms with van der Waals surface area (Å²) < 4.78 is 5.25. The molecule has 0 saturated carbocycles. The number of carbonyl (C=O) groups excluding carboxylic acids is 1. The molecule has 0 bridgehead atoms. The van der Waals surface area contributed by atoms with Crippen LogP contribution in [0.5, 0.6) is 5.75 Å². The van der Waals surface area contributed by atoms with Gasteiger partial charge in [-0.25, -0.2) is 4.99 Å². The van der Waals surface area contributed by atoms with Gasteiger partial charge in [-0.15, -0.1) is 0 Å². The van der Waals surface area contributed by atoms with Crippen molar-refractivity contribution in [1.29, 1.82) is 0 Å². The van der Waals surface area contributed by atoms with Gasteiger partial charge in [-0.3, -0.25) is 9.78 Å². The molecular formula is C16H13N3O2S. The molecule has 2 aromatic rings. The lowest BCUT2D eigenvalue weighted by Crippen LogP contribution is -2.19. The molecule has 22 heavy (non-hydrogen) atoms. The minimum atomic E-state index is -0.164. The van der Waals surface area contributed by atoms with Crippen LogP contribution in [0, 0.1) is 0 Å². The average molecular weight is 311 g/mol. The second-order valence-electron chi connectivity index (χ2n) is 4.44. The van der Waals surface area contributed by atoms with Gasteiger partial charge < -0.3 is 10.1 Å². The first-order chi connectivity index (χ1) is 10.8. The number of aliphatic imine (C=N–C) groups is 1. The molecule has 1 aliphatic heterocycles. The van der Waals surface area contributed by atoms with E-state index in [2.05, 4.69) is 15.3 Å². The summed E-state index contributed by atoms with van der Waals surface area (Å²) in [6.07, 6.45) is 5.19. The lowest BCUT2D eigenvalue weighted by molar-refractivity contribution is -0.115. The number of aromatic nitrogens is 1. The van der Waals surface area contributed by atoms with Crippen LogP contribution < -0.4 is 10.1 Å². The fourth-order valence-corrected chi connectivity index (χ4v) is 2.76. The molecule has 0 spiro atoms. The molecule has 5 nitrogen and oxygen atoms in total. The Balaban J connectivity index is 1.85. The minimum absolute atomic E-state index is 0.164. The number of nitrogens with one attached hydrogen (secondary N) is 1. The summed E-state index contributed by atoms with van der Waals surface area (Å²) in [4.78, 5) is 21.1. The first-order valence-corrected chi connectivity index (χ1v) is 7.40. The van der Waals surface area contributed by atoms with Crippen molar-refractivity contribution in [2.24, 2.45) is 4.99 Å². The standard InChI is InChI=1S/C16H13N3O2S/c1-21-13-7-3-2-6-12(13)18-16-19-15(20)14(22-16)9-11-5-4-8-17-10-11/h2-10H,1H3,(H,18,19,20)/b14-9-. The number of hydrogen-bond acceptors (Lipinski definition) is 5. The number of amidine groups is 1. The van der Waals surface area contributed by atoms with Gasteiger partial charge >= 0.3 is 0 Å². The second-order valence-corrected chi connectivity index (χ2v) is 5.47.